The van der Waals surface area contributed by atoms with Gasteiger partial charge in [0.05, 0.1) is 6.17 Å². The number of nitrogens with one attached hydrogen (secondary N) is 1. The highest BCUT2D eigenvalue weighted by atomic mass is 16.2. The Morgan fingerprint density at radius 2 is 2.27 bits per heavy atom. The van der Waals surface area contributed by atoms with E-state index >= 15 is 0 Å². The van der Waals surface area contributed by atoms with E-state index in [4.69, 9.17) is 0 Å². The maximum absolute atomic E-state index is 11.8. The molecule has 0 bridgehead atoms. The molecule has 0 aliphatic carbocycles. The zero-order chi connectivity index (χ0) is 10.8. The van der Waals surface area contributed by atoms with E-state index in [0.717, 1.165) is 12.2 Å². The molecule has 0 radical (unpaired) electrons. The third-order valence-corrected chi connectivity index (χ3v) is 2.80. The Bertz CT molecular complexity index is 376. The number of rotatable bonds is 1. The van der Waals surface area contributed by atoms with Crippen LogP contribution in [0.15, 0.2) is 24.3 Å². The fraction of sp³-hybridized carbons (Fsp3) is 0.417. The Morgan fingerprint density at radius 1 is 1.53 bits per heavy atom. The van der Waals surface area contributed by atoms with Crippen molar-refractivity contribution in [1.82, 2.24) is 5.32 Å². The van der Waals surface area contributed by atoms with Crippen molar-refractivity contribution in [3.8, 4) is 0 Å². The molecule has 0 saturated carbocycles. The molecule has 1 aromatic rings. The second-order valence-corrected chi connectivity index (χ2v) is 3.80. The highest BCUT2D eigenvalue weighted by Gasteiger charge is 2.25. The van der Waals surface area contributed by atoms with Crippen LogP contribution in [0.3, 0.4) is 0 Å². The van der Waals surface area contributed by atoms with Crippen molar-refractivity contribution in [2.24, 2.45) is 0 Å². The third kappa shape index (κ3) is 1.75. The summed E-state index contributed by atoms with van der Waals surface area (Å²) in [5, 5.41) is 3.31. The van der Waals surface area contributed by atoms with E-state index in [0.29, 0.717) is 6.42 Å². The van der Waals surface area contributed by atoms with Crippen LogP contribution in [-0.4, -0.2) is 12.1 Å². The Labute approximate surface area is 90.1 Å². The second-order valence-electron chi connectivity index (χ2n) is 3.80. The van der Waals surface area contributed by atoms with E-state index in [1.165, 1.54) is 5.56 Å². The first-order valence-electron chi connectivity index (χ1n) is 5.37. The summed E-state index contributed by atoms with van der Waals surface area (Å²) in [6.45, 7) is 4.75. The van der Waals surface area contributed by atoms with Crippen LogP contribution in [0.2, 0.25) is 0 Å². The third-order valence-electron chi connectivity index (χ3n) is 2.80. The lowest BCUT2D eigenvalue weighted by atomic mass is 10.1. The number of amides is 1. The highest BCUT2D eigenvalue weighted by Crippen LogP contribution is 2.26. The molecule has 1 aliphatic heterocycles. The first-order chi connectivity index (χ1) is 7.24. The number of para-hydroxylation sites is 1. The van der Waals surface area contributed by atoms with Crippen LogP contribution in [0.25, 0.3) is 0 Å². The minimum absolute atomic E-state index is 0.0901. The van der Waals surface area contributed by atoms with E-state index in [1.807, 2.05) is 36.9 Å². The minimum Gasteiger partial charge on any atom is -0.296 e. The van der Waals surface area contributed by atoms with Crippen LogP contribution in [0.4, 0.5) is 5.69 Å². The molecule has 1 N–H and O–H groups in total. The number of anilines is 1. The van der Waals surface area contributed by atoms with E-state index in [9.17, 15) is 4.79 Å². The van der Waals surface area contributed by atoms with Crippen molar-refractivity contribution in [2.45, 2.75) is 33.0 Å². The van der Waals surface area contributed by atoms with E-state index in [2.05, 4.69) is 11.4 Å². The largest absolute Gasteiger partial charge is 0.296 e. The Kier molecular flexibility index (Phi) is 2.73. The zero-order valence-corrected chi connectivity index (χ0v) is 9.16. The summed E-state index contributed by atoms with van der Waals surface area (Å²) >= 11 is 0. The topological polar surface area (TPSA) is 32.3 Å². The van der Waals surface area contributed by atoms with Crippen molar-refractivity contribution in [3.63, 3.8) is 0 Å². The predicted molar refractivity (Wildman–Crippen MR) is 60.5 cm³/mol. The maximum Gasteiger partial charge on any atom is 0.228 e. The van der Waals surface area contributed by atoms with Crippen molar-refractivity contribution in [1.29, 1.82) is 0 Å². The normalized spacial score (nSPS) is 19.9. The summed E-state index contributed by atoms with van der Waals surface area (Å²) in [7, 11) is 0. The summed E-state index contributed by atoms with van der Waals surface area (Å²) in [5.74, 6) is 0.169. The highest BCUT2D eigenvalue weighted by molar-refractivity contribution is 5.94. The lowest BCUT2D eigenvalue weighted by Gasteiger charge is -2.35. The molecule has 1 aliphatic rings. The van der Waals surface area contributed by atoms with Crippen molar-refractivity contribution >= 4 is 11.6 Å². The van der Waals surface area contributed by atoms with Gasteiger partial charge >= 0.3 is 0 Å². The summed E-state index contributed by atoms with van der Waals surface area (Å²) in [4.78, 5) is 13.7. The first kappa shape index (κ1) is 10.2. The van der Waals surface area contributed by atoms with Crippen LogP contribution >= 0.6 is 0 Å². The molecule has 80 valence electrons. The van der Waals surface area contributed by atoms with Crippen LogP contribution in [0, 0.1) is 0 Å². The fourth-order valence-corrected chi connectivity index (χ4v) is 1.97. The second kappa shape index (κ2) is 4.03. The lowest BCUT2D eigenvalue weighted by molar-refractivity contribution is -0.119. The standard InChI is InChI=1S/C12H16N2O/c1-3-12(15)14-9(2)13-8-10-6-4-5-7-11(10)14/h4-7,9,13H,3,8H2,1-2H3/t9-/m0/s1. The molecule has 1 atom stereocenters. The molecule has 0 saturated heterocycles. The number of carbonyl (C=O) groups excluding carboxylic acids is 1. The van der Waals surface area contributed by atoms with Gasteiger partial charge in [0.2, 0.25) is 5.91 Å². The molecule has 3 heteroatoms. The molecule has 1 amide bonds. The monoisotopic (exact) mass is 204 g/mol. The molecule has 1 heterocycles. The number of hydrogen-bond donors (Lipinski definition) is 1. The maximum atomic E-state index is 11.8. The van der Waals surface area contributed by atoms with E-state index in [1.54, 1.807) is 0 Å². The van der Waals surface area contributed by atoms with Gasteiger partial charge in [-0.15, -0.1) is 0 Å². The molecular formula is C12H16N2O. The average Bonchev–Trinajstić information content (AvgIpc) is 2.28. The van der Waals surface area contributed by atoms with Crippen molar-refractivity contribution in [2.75, 3.05) is 4.90 Å². The molecule has 0 spiro atoms. The lowest BCUT2D eigenvalue weighted by Crippen LogP contribution is -2.50. The minimum atomic E-state index is 0.0901. The van der Waals surface area contributed by atoms with Crippen LogP contribution < -0.4 is 10.2 Å². The molecular weight excluding hydrogens is 188 g/mol. The molecule has 15 heavy (non-hydrogen) atoms. The van der Waals surface area contributed by atoms with E-state index in [-0.39, 0.29) is 12.1 Å². The summed E-state index contributed by atoms with van der Waals surface area (Å²) in [6.07, 6.45) is 0.632. The number of carbonyl (C=O) groups is 1. The molecule has 0 fully saturated rings. The Balaban J connectivity index is 2.41. The average molecular weight is 204 g/mol. The fourth-order valence-electron chi connectivity index (χ4n) is 1.97. The van der Waals surface area contributed by atoms with Crippen LogP contribution in [0.5, 0.6) is 0 Å². The summed E-state index contributed by atoms with van der Waals surface area (Å²) in [5.41, 5.74) is 2.24. The summed E-state index contributed by atoms with van der Waals surface area (Å²) < 4.78 is 0. The van der Waals surface area contributed by atoms with Gasteiger partial charge in [-0.05, 0) is 18.6 Å². The van der Waals surface area contributed by atoms with Gasteiger partial charge in [0.15, 0.2) is 0 Å². The Morgan fingerprint density at radius 3 is 3.00 bits per heavy atom. The number of hydrogen-bond acceptors (Lipinski definition) is 2. The van der Waals surface area contributed by atoms with Gasteiger partial charge in [-0.1, -0.05) is 25.1 Å². The van der Waals surface area contributed by atoms with E-state index < -0.39 is 0 Å². The number of fused-ring (bicyclic) bond motifs is 1. The van der Waals surface area contributed by atoms with Crippen LogP contribution in [-0.2, 0) is 11.3 Å². The molecule has 2 rings (SSSR count). The number of benzene rings is 1. The van der Waals surface area contributed by atoms with Gasteiger partial charge in [0, 0.05) is 18.7 Å². The van der Waals surface area contributed by atoms with Gasteiger partial charge in [0.1, 0.15) is 0 Å². The van der Waals surface area contributed by atoms with Crippen LogP contribution in [0.1, 0.15) is 25.8 Å². The quantitative estimate of drug-likeness (QED) is 0.757. The van der Waals surface area contributed by atoms with Gasteiger partial charge in [-0.2, -0.15) is 0 Å². The molecule has 3 nitrogen and oxygen atoms in total. The van der Waals surface area contributed by atoms with Crippen molar-refractivity contribution < 1.29 is 4.79 Å². The zero-order valence-electron chi connectivity index (χ0n) is 9.16. The van der Waals surface area contributed by atoms with Gasteiger partial charge in [0.25, 0.3) is 0 Å². The molecule has 0 unspecified atom stereocenters. The van der Waals surface area contributed by atoms with Gasteiger partial charge in [-0.25, -0.2) is 0 Å². The molecule has 0 aromatic heterocycles. The smallest absolute Gasteiger partial charge is 0.228 e. The van der Waals surface area contributed by atoms with Crippen molar-refractivity contribution in [3.05, 3.63) is 29.8 Å². The summed E-state index contributed by atoms with van der Waals surface area (Å²) in [6, 6.07) is 8.06. The first-order valence-corrected chi connectivity index (χ1v) is 5.37. The van der Waals surface area contributed by atoms with Gasteiger partial charge < -0.3 is 0 Å². The number of nitrogens with zero attached hydrogens (tertiary/aromatic N) is 1. The Hall–Kier alpha value is -1.35. The van der Waals surface area contributed by atoms with Gasteiger partial charge in [-0.3, -0.25) is 15.0 Å². The SMILES string of the molecule is CCC(=O)N1c2ccccc2CN[C@@H]1C. The molecule has 1 aromatic carbocycles. The predicted octanol–water partition coefficient (Wildman–Crippen LogP) is 1.88.